The van der Waals surface area contributed by atoms with Crippen LogP contribution in [-0.2, 0) is 15.8 Å². The molecule has 0 saturated carbocycles. The number of nitrogens with one attached hydrogen (secondary N) is 1. The summed E-state index contributed by atoms with van der Waals surface area (Å²) < 4.78 is 38.3. The van der Waals surface area contributed by atoms with E-state index in [1.165, 1.54) is 6.07 Å². The van der Waals surface area contributed by atoms with Crippen LogP contribution in [0.3, 0.4) is 0 Å². The average Bonchev–Trinajstić information content (AvgIpc) is 2.68. The first kappa shape index (κ1) is 16.3. The number of hydrogen-bond acceptors (Lipinski definition) is 4. The minimum atomic E-state index is -4.64. The highest BCUT2D eigenvalue weighted by molar-refractivity contribution is 6.34. The van der Waals surface area contributed by atoms with Crippen LogP contribution in [0.25, 0.3) is 0 Å². The minimum absolute atomic E-state index is 0.144. The van der Waals surface area contributed by atoms with Gasteiger partial charge in [0, 0.05) is 6.08 Å². The highest BCUT2D eigenvalue weighted by Crippen LogP contribution is 2.38. The molecular formula is C13H10ClF3N2O3. The van der Waals surface area contributed by atoms with Gasteiger partial charge < -0.3 is 10.4 Å². The zero-order valence-electron chi connectivity index (χ0n) is 10.9. The Kier molecular flexibility index (Phi) is 4.43. The fourth-order valence-electron chi connectivity index (χ4n) is 1.90. The Morgan fingerprint density at radius 2 is 1.95 bits per heavy atom. The molecule has 1 aromatic rings. The van der Waals surface area contributed by atoms with Crippen molar-refractivity contribution in [1.82, 2.24) is 4.90 Å². The zero-order valence-corrected chi connectivity index (χ0v) is 11.7. The lowest BCUT2D eigenvalue weighted by Crippen LogP contribution is -2.34. The summed E-state index contributed by atoms with van der Waals surface area (Å²) in [6, 6.07) is 3.19. The van der Waals surface area contributed by atoms with E-state index in [2.05, 4.69) is 5.32 Å². The second kappa shape index (κ2) is 5.98. The molecule has 0 saturated heterocycles. The second-order valence-corrected chi connectivity index (χ2v) is 4.74. The number of carbonyl (C=O) groups is 2. The maximum Gasteiger partial charge on any atom is 0.417 e. The highest BCUT2D eigenvalue weighted by Gasteiger charge is 2.35. The van der Waals surface area contributed by atoms with Crippen molar-refractivity contribution >= 4 is 29.1 Å². The van der Waals surface area contributed by atoms with Crippen LogP contribution >= 0.6 is 11.6 Å². The maximum atomic E-state index is 12.8. The van der Waals surface area contributed by atoms with Crippen LogP contribution in [0, 0.1) is 0 Å². The van der Waals surface area contributed by atoms with Gasteiger partial charge in [-0.15, -0.1) is 0 Å². The first-order valence-corrected chi connectivity index (χ1v) is 6.44. The van der Waals surface area contributed by atoms with Crippen LogP contribution in [0.1, 0.15) is 5.56 Å². The van der Waals surface area contributed by atoms with Crippen molar-refractivity contribution in [2.45, 2.75) is 6.18 Å². The summed E-state index contributed by atoms with van der Waals surface area (Å²) in [5.74, 6) is -1.41. The van der Waals surface area contributed by atoms with Crippen LogP contribution in [0.4, 0.5) is 18.9 Å². The van der Waals surface area contributed by atoms with E-state index in [4.69, 9.17) is 16.7 Å². The zero-order chi connectivity index (χ0) is 16.5. The van der Waals surface area contributed by atoms with Crippen LogP contribution in [-0.4, -0.2) is 35.0 Å². The number of amides is 2. The van der Waals surface area contributed by atoms with Gasteiger partial charge in [-0.25, -0.2) is 0 Å². The number of aliphatic hydroxyl groups is 1. The molecule has 0 atom stereocenters. The van der Waals surface area contributed by atoms with Gasteiger partial charge in [0.15, 0.2) is 0 Å². The van der Waals surface area contributed by atoms with Gasteiger partial charge in [0.05, 0.1) is 29.4 Å². The van der Waals surface area contributed by atoms with Gasteiger partial charge in [-0.2, -0.15) is 13.2 Å². The van der Waals surface area contributed by atoms with Gasteiger partial charge in [0.1, 0.15) is 5.70 Å². The van der Waals surface area contributed by atoms with E-state index < -0.39 is 35.2 Å². The van der Waals surface area contributed by atoms with Crippen molar-refractivity contribution in [2.75, 3.05) is 18.5 Å². The molecule has 0 bridgehead atoms. The molecule has 2 rings (SSSR count). The molecule has 22 heavy (non-hydrogen) atoms. The summed E-state index contributed by atoms with van der Waals surface area (Å²) in [5.41, 5.74) is -1.40. The van der Waals surface area contributed by atoms with Gasteiger partial charge in [-0.3, -0.25) is 14.5 Å². The van der Waals surface area contributed by atoms with Gasteiger partial charge in [-0.05, 0) is 12.1 Å². The molecule has 1 aliphatic rings. The van der Waals surface area contributed by atoms with Crippen LogP contribution in [0.15, 0.2) is 30.0 Å². The number of halogens is 4. The number of aliphatic hydroxyl groups excluding tert-OH is 1. The van der Waals surface area contributed by atoms with E-state index in [1.807, 2.05) is 0 Å². The molecule has 0 spiro atoms. The van der Waals surface area contributed by atoms with E-state index in [0.29, 0.717) is 0 Å². The van der Waals surface area contributed by atoms with Gasteiger partial charge in [0.2, 0.25) is 0 Å². The van der Waals surface area contributed by atoms with Gasteiger partial charge in [-0.1, -0.05) is 17.7 Å². The number of benzene rings is 1. The molecule has 2 amide bonds. The summed E-state index contributed by atoms with van der Waals surface area (Å²) in [7, 11) is 0. The smallest absolute Gasteiger partial charge is 0.395 e. The number of β-amino-alcohol motifs (C(OH)–C–C–N with tert-alkyl or cyclic N) is 1. The van der Waals surface area contributed by atoms with Gasteiger partial charge >= 0.3 is 6.18 Å². The number of rotatable bonds is 4. The minimum Gasteiger partial charge on any atom is -0.395 e. The molecule has 0 fully saturated rings. The largest absolute Gasteiger partial charge is 0.417 e. The molecule has 0 unspecified atom stereocenters. The third-order valence-electron chi connectivity index (χ3n) is 2.91. The molecule has 2 N–H and O–H groups in total. The Balaban J connectivity index is 2.28. The Labute approximate surface area is 128 Å². The van der Waals surface area contributed by atoms with Crippen molar-refractivity contribution in [2.24, 2.45) is 0 Å². The molecule has 1 heterocycles. The molecule has 118 valence electrons. The summed E-state index contributed by atoms with van der Waals surface area (Å²) >= 11 is 5.69. The van der Waals surface area contributed by atoms with Crippen molar-refractivity contribution in [3.63, 3.8) is 0 Å². The highest BCUT2D eigenvalue weighted by atomic mass is 35.5. The standard InChI is InChI=1S/C13H10ClF3N2O3/c14-11-7(13(15,16)17)2-1-3-8(11)18-9-6-10(21)19(4-5-20)12(9)22/h1-3,6,18,20H,4-5H2. The third kappa shape index (κ3) is 3.07. The number of alkyl halides is 3. The molecular weight excluding hydrogens is 325 g/mol. The molecule has 1 aromatic carbocycles. The Bertz CT molecular complexity index is 658. The average molecular weight is 335 g/mol. The van der Waals surface area contributed by atoms with E-state index in [1.54, 1.807) is 0 Å². The molecule has 9 heteroatoms. The molecule has 0 aromatic heterocycles. The lowest BCUT2D eigenvalue weighted by molar-refractivity contribution is -0.138. The maximum absolute atomic E-state index is 12.8. The summed E-state index contributed by atoms with van der Waals surface area (Å²) in [6.07, 6.45) is -3.70. The van der Waals surface area contributed by atoms with E-state index in [-0.39, 0.29) is 17.9 Å². The SMILES string of the molecule is O=C1C=C(Nc2cccc(C(F)(F)F)c2Cl)C(=O)N1CCO. The number of carbonyl (C=O) groups excluding carboxylic acids is 2. The summed E-state index contributed by atoms with van der Waals surface area (Å²) in [5, 5.41) is 10.6. The lowest BCUT2D eigenvalue weighted by Gasteiger charge is -2.15. The van der Waals surface area contributed by atoms with Crippen molar-refractivity contribution < 1.29 is 27.9 Å². The van der Waals surface area contributed by atoms with E-state index in [9.17, 15) is 22.8 Å². The Hall–Kier alpha value is -2.06. The molecule has 1 aliphatic heterocycles. The fourth-order valence-corrected chi connectivity index (χ4v) is 2.18. The predicted octanol–water partition coefficient (Wildman–Crippen LogP) is 2.02. The van der Waals surface area contributed by atoms with Crippen LogP contribution in [0.5, 0.6) is 0 Å². The number of nitrogens with zero attached hydrogens (tertiary/aromatic N) is 1. The first-order valence-electron chi connectivity index (χ1n) is 6.07. The van der Waals surface area contributed by atoms with Crippen LogP contribution in [0.2, 0.25) is 5.02 Å². The first-order chi connectivity index (χ1) is 10.3. The Morgan fingerprint density at radius 3 is 2.55 bits per heavy atom. The molecule has 0 radical (unpaired) electrons. The summed E-state index contributed by atoms with van der Waals surface area (Å²) in [4.78, 5) is 24.2. The normalized spacial score (nSPS) is 15.3. The number of imide groups is 1. The fraction of sp³-hybridized carbons (Fsp3) is 0.231. The third-order valence-corrected chi connectivity index (χ3v) is 3.31. The van der Waals surface area contributed by atoms with E-state index in [0.717, 1.165) is 23.1 Å². The quantitative estimate of drug-likeness (QED) is 0.827. The Morgan fingerprint density at radius 1 is 1.27 bits per heavy atom. The predicted molar refractivity (Wildman–Crippen MR) is 72.0 cm³/mol. The monoisotopic (exact) mass is 334 g/mol. The van der Waals surface area contributed by atoms with E-state index >= 15 is 0 Å². The summed E-state index contributed by atoms with van der Waals surface area (Å²) in [6.45, 7) is -0.613. The second-order valence-electron chi connectivity index (χ2n) is 4.37. The van der Waals surface area contributed by atoms with Crippen molar-refractivity contribution in [1.29, 1.82) is 0 Å². The van der Waals surface area contributed by atoms with Crippen LogP contribution < -0.4 is 5.32 Å². The number of hydrogen-bond donors (Lipinski definition) is 2. The number of anilines is 1. The van der Waals surface area contributed by atoms with Crippen molar-refractivity contribution in [3.8, 4) is 0 Å². The van der Waals surface area contributed by atoms with Crippen molar-refractivity contribution in [3.05, 3.63) is 40.6 Å². The lowest BCUT2D eigenvalue weighted by atomic mass is 10.2. The molecule has 5 nitrogen and oxygen atoms in total. The van der Waals surface area contributed by atoms with Gasteiger partial charge in [0.25, 0.3) is 11.8 Å². The molecule has 0 aliphatic carbocycles. The topological polar surface area (TPSA) is 69.6 Å².